The number of nitrogens with one attached hydrogen (secondary N) is 2. The minimum atomic E-state index is -3.85. The van der Waals surface area contributed by atoms with Crippen LogP contribution >= 0.6 is 0 Å². The Morgan fingerprint density at radius 3 is 2.56 bits per heavy atom. The van der Waals surface area contributed by atoms with E-state index < -0.39 is 21.5 Å². The molecule has 3 aromatic rings. The van der Waals surface area contributed by atoms with Crippen LogP contribution in [-0.4, -0.2) is 34.4 Å². The van der Waals surface area contributed by atoms with Crippen LogP contribution in [0.5, 0.6) is 0 Å². The van der Waals surface area contributed by atoms with Gasteiger partial charge in [-0.25, -0.2) is 23.1 Å². The molecule has 142 valence electrons. The highest BCUT2D eigenvalue weighted by Gasteiger charge is 2.26. The van der Waals surface area contributed by atoms with Crippen LogP contribution in [-0.2, 0) is 10.0 Å². The fraction of sp³-hybridized carbons (Fsp3) is 0.235. The largest absolute Gasteiger partial charge is 0.438 e. The number of pyridine rings is 1. The molecule has 3 heterocycles. The van der Waals surface area contributed by atoms with Crippen LogP contribution < -0.4 is 10.0 Å². The summed E-state index contributed by atoms with van der Waals surface area (Å²) in [5.41, 5.74) is -0.228. The molecule has 0 saturated heterocycles. The van der Waals surface area contributed by atoms with Gasteiger partial charge in [0.25, 0.3) is 15.9 Å². The molecule has 0 aliphatic heterocycles. The van der Waals surface area contributed by atoms with Crippen molar-refractivity contribution in [3.05, 3.63) is 54.9 Å². The molecular weight excluding hydrogens is 370 g/mol. The molecule has 0 aliphatic rings. The van der Waals surface area contributed by atoms with E-state index in [1.165, 1.54) is 18.3 Å². The van der Waals surface area contributed by atoms with Crippen molar-refractivity contribution < 1.29 is 17.6 Å². The van der Waals surface area contributed by atoms with E-state index in [0.717, 1.165) is 0 Å². The van der Waals surface area contributed by atoms with Crippen molar-refractivity contribution in [1.29, 1.82) is 0 Å². The molecule has 0 unspecified atom stereocenters. The molecule has 0 fully saturated rings. The van der Waals surface area contributed by atoms with Crippen LogP contribution in [0.15, 0.2) is 58.7 Å². The first kappa shape index (κ1) is 18.8. The Hall–Kier alpha value is -2.98. The number of furan rings is 1. The predicted molar refractivity (Wildman–Crippen MR) is 98.1 cm³/mol. The van der Waals surface area contributed by atoms with Gasteiger partial charge in [0.15, 0.2) is 5.76 Å². The monoisotopic (exact) mass is 389 g/mol. The molecule has 0 atom stereocenters. The van der Waals surface area contributed by atoms with E-state index in [1.807, 2.05) is 0 Å². The van der Waals surface area contributed by atoms with Crippen LogP contribution in [0.25, 0.3) is 5.82 Å². The number of sulfonamides is 1. The van der Waals surface area contributed by atoms with E-state index in [1.54, 1.807) is 56.2 Å². The third kappa shape index (κ3) is 4.60. The van der Waals surface area contributed by atoms with E-state index in [0.29, 0.717) is 11.5 Å². The number of carbonyl (C=O) groups excluding carboxylic acids is 1. The maximum atomic E-state index is 12.3. The standard InChI is InChI=1S/C17H19N5O4S/c1-17(2,3)21-27(24,25)15-7-5-13(26-15)16(23)20-12-4-6-14(19-10-12)22-9-8-18-11-22/h4-11,21H,1-3H3,(H,20,23). The van der Waals surface area contributed by atoms with Crippen molar-refractivity contribution in [2.24, 2.45) is 0 Å². The lowest BCUT2D eigenvalue weighted by Crippen LogP contribution is -2.40. The van der Waals surface area contributed by atoms with Gasteiger partial charge in [0.1, 0.15) is 12.1 Å². The van der Waals surface area contributed by atoms with E-state index in [2.05, 4.69) is 20.0 Å². The van der Waals surface area contributed by atoms with Crippen LogP contribution in [0.3, 0.4) is 0 Å². The minimum Gasteiger partial charge on any atom is -0.438 e. The summed E-state index contributed by atoms with van der Waals surface area (Å²) in [5, 5.41) is 2.29. The minimum absolute atomic E-state index is 0.122. The first-order chi connectivity index (χ1) is 12.6. The summed E-state index contributed by atoms with van der Waals surface area (Å²) in [7, 11) is -3.85. The highest BCUT2D eigenvalue weighted by Crippen LogP contribution is 2.18. The number of anilines is 1. The number of carbonyl (C=O) groups is 1. The second-order valence-electron chi connectivity index (χ2n) is 6.80. The predicted octanol–water partition coefficient (Wildman–Crippen LogP) is 2.19. The molecule has 0 radical (unpaired) electrons. The van der Waals surface area contributed by atoms with E-state index >= 15 is 0 Å². The second-order valence-corrected chi connectivity index (χ2v) is 8.42. The van der Waals surface area contributed by atoms with Gasteiger partial charge in [-0.2, -0.15) is 0 Å². The average Bonchev–Trinajstić information content (AvgIpc) is 3.26. The maximum Gasteiger partial charge on any atom is 0.291 e. The van der Waals surface area contributed by atoms with Gasteiger partial charge < -0.3 is 9.73 Å². The summed E-state index contributed by atoms with van der Waals surface area (Å²) in [6.45, 7) is 5.13. The molecule has 0 saturated carbocycles. The Labute approximate surface area is 156 Å². The fourth-order valence-electron chi connectivity index (χ4n) is 2.24. The Morgan fingerprint density at radius 1 is 1.19 bits per heavy atom. The zero-order valence-corrected chi connectivity index (χ0v) is 15.8. The van der Waals surface area contributed by atoms with Gasteiger partial charge in [-0.05, 0) is 45.0 Å². The Bertz CT molecular complexity index is 1030. The Balaban J connectivity index is 1.71. The summed E-state index contributed by atoms with van der Waals surface area (Å²) >= 11 is 0. The number of amides is 1. The zero-order valence-electron chi connectivity index (χ0n) is 15.0. The molecule has 1 amide bonds. The van der Waals surface area contributed by atoms with Gasteiger partial charge in [-0.1, -0.05) is 0 Å². The van der Waals surface area contributed by atoms with Gasteiger partial charge in [0.2, 0.25) is 5.09 Å². The van der Waals surface area contributed by atoms with E-state index in [9.17, 15) is 13.2 Å². The molecule has 0 aromatic carbocycles. The van der Waals surface area contributed by atoms with Crippen molar-refractivity contribution in [3.8, 4) is 5.82 Å². The molecule has 3 aromatic heterocycles. The maximum absolute atomic E-state index is 12.3. The lowest BCUT2D eigenvalue weighted by molar-refractivity contribution is 0.0991. The van der Waals surface area contributed by atoms with Gasteiger partial charge >= 0.3 is 0 Å². The number of hydrogen-bond acceptors (Lipinski definition) is 6. The van der Waals surface area contributed by atoms with Gasteiger partial charge in [-0.15, -0.1) is 0 Å². The summed E-state index contributed by atoms with van der Waals surface area (Å²) in [4.78, 5) is 20.5. The summed E-state index contributed by atoms with van der Waals surface area (Å²) in [6, 6.07) is 5.92. The lowest BCUT2D eigenvalue weighted by Gasteiger charge is -2.18. The van der Waals surface area contributed by atoms with Crippen LogP contribution in [0.4, 0.5) is 5.69 Å². The molecule has 0 aliphatic carbocycles. The number of nitrogens with zero attached hydrogens (tertiary/aromatic N) is 3. The number of rotatable bonds is 5. The molecule has 2 N–H and O–H groups in total. The van der Waals surface area contributed by atoms with Gasteiger partial charge in [0, 0.05) is 17.9 Å². The Kier molecular flexibility index (Phi) is 4.85. The zero-order chi connectivity index (χ0) is 19.7. The third-order valence-corrected chi connectivity index (χ3v) is 4.92. The third-order valence-electron chi connectivity index (χ3n) is 3.29. The average molecular weight is 389 g/mol. The van der Waals surface area contributed by atoms with Crippen molar-refractivity contribution >= 4 is 21.6 Å². The topological polar surface area (TPSA) is 119 Å². The smallest absolute Gasteiger partial charge is 0.291 e. The van der Waals surface area contributed by atoms with Crippen molar-refractivity contribution in [3.63, 3.8) is 0 Å². The quantitative estimate of drug-likeness (QED) is 0.690. The molecule has 0 bridgehead atoms. The summed E-state index contributed by atoms with van der Waals surface area (Å²) < 4.78 is 33.9. The molecular formula is C17H19N5O4S. The SMILES string of the molecule is CC(C)(C)NS(=O)(=O)c1ccc(C(=O)Nc2ccc(-n3ccnc3)nc2)o1. The molecule has 10 heteroatoms. The first-order valence-electron chi connectivity index (χ1n) is 8.04. The molecule has 0 spiro atoms. The molecule has 27 heavy (non-hydrogen) atoms. The number of aromatic nitrogens is 3. The van der Waals surface area contributed by atoms with Crippen LogP contribution in [0, 0.1) is 0 Å². The highest BCUT2D eigenvalue weighted by atomic mass is 32.2. The highest BCUT2D eigenvalue weighted by molar-refractivity contribution is 7.89. The Morgan fingerprint density at radius 2 is 1.96 bits per heavy atom. The number of imidazole rings is 1. The first-order valence-corrected chi connectivity index (χ1v) is 9.52. The van der Waals surface area contributed by atoms with Gasteiger partial charge in [0.05, 0.1) is 11.9 Å². The molecule has 9 nitrogen and oxygen atoms in total. The van der Waals surface area contributed by atoms with E-state index in [4.69, 9.17) is 4.42 Å². The summed E-state index contributed by atoms with van der Waals surface area (Å²) in [6.07, 6.45) is 6.47. The van der Waals surface area contributed by atoms with Gasteiger partial charge in [-0.3, -0.25) is 9.36 Å². The van der Waals surface area contributed by atoms with E-state index in [-0.39, 0.29) is 10.9 Å². The fourth-order valence-corrected chi connectivity index (χ4v) is 3.59. The van der Waals surface area contributed by atoms with Crippen LogP contribution in [0.2, 0.25) is 0 Å². The number of hydrogen-bond donors (Lipinski definition) is 2. The normalized spacial score (nSPS) is 12.1. The second kappa shape index (κ2) is 6.97. The van der Waals surface area contributed by atoms with Crippen molar-refractivity contribution in [2.45, 2.75) is 31.4 Å². The van der Waals surface area contributed by atoms with Crippen LogP contribution in [0.1, 0.15) is 31.3 Å². The van der Waals surface area contributed by atoms with Crippen molar-refractivity contribution in [2.75, 3.05) is 5.32 Å². The summed E-state index contributed by atoms with van der Waals surface area (Å²) in [5.74, 6) is -0.0579. The molecule has 3 rings (SSSR count). The lowest BCUT2D eigenvalue weighted by atomic mass is 10.1. The van der Waals surface area contributed by atoms with Crippen molar-refractivity contribution in [1.82, 2.24) is 19.3 Å².